The molecule has 3 atom stereocenters. The Bertz CT molecular complexity index is 1560. The SMILES string of the molecule is C.C.C.C.C.C.CCC(C)(CC(C)(CC(C)(C)C(=O)OCC[N+](C)(C)C)C(=O)NCCNC(=O)CCC(C)=NNc1ccc(C(=O)N2CCSC2=S)cn1)C(=O)NCC(C)O.[Cl-]. The van der Waals surface area contributed by atoms with E-state index in [9.17, 15) is 29.1 Å². The quantitative estimate of drug-likeness (QED) is 0.0281. The lowest BCUT2D eigenvalue weighted by molar-refractivity contribution is -0.870. The Morgan fingerprint density at radius 1 is 0.935 bits per heavy atom. The maximum Gasteiger partial charge on any atom is 0.311 e. The number of carbonyl (C=O) groups is 5. The highest BCUT2D eigenvalue weighted by Gasteiger charge is 2.48. The van der Waals surface area contributed by atoms with Gasteiger partial charge in [-0.3, -0.25) is 34.3 Å². The topological polar surface area (TPSA) is 191 Å². The molecule has 0 aromatic carbocycles. The molecule has 0 aliphatic carbocycles. The Kier molecular flexibility index (Phi) is 35.7. The van der Waals surface area contributed by atoms with E-state index in [2.05, 4.69) is 31.5 Å². The fourth-order valence-corrected chi connectivity index (χ4v) is 7.26. The highest BCUT2D eigenvalue weighted by atomic mass is 35.5. The summed E-state index contributed by atoms with van der Waals surface area (Å²) in [5.74, 6) is -0.252. The molecule has 15 nitrogen and oxygen atoms in total. The number of thioether (sulfide) groups is 1. The molecule has 1 saturated heterocycles. The van der Waals surface area contributed by atoms with Gasteiger partial charge in [0.25, 0.3) is 5.91 Å². The van der Waals surface area contributed by atoms with Crippen molar-refractivity contribution in [3.05, 3.63) is 23.9 Å². The van der Waals surface area contributed by atoms with Crippen molar-refractivity contribution in [3.8, 4) is 0 Å². The third-order valence-electron chi connectivity index (χ3n) is 9.42. The molecule has 1 aliphatic heterocycles. The molecule has 18 heteroatoms. The van der Waals surface area contributed by atoms with Crippen molar-refractivity contribution >= 4 is 69.4 Å². The van der Waals surface area contributed by atoms with Gasteiger partial charge in [-0.2, -0.15) is 5.10 Å². The third-order valence-corrected chi connectivity index (χ3v) is 10.8. The summed E-state index contributed by atoms with van der Waals surface area (Å²) in [6, 6.07) is 3.31. The number of ether oxygens (including phenoxy) is 1. The molecule has 62 heavy (non-hydrogen) atoms. The van der Waals surface area contributed by atoms with Gasteiger partial charge in [0.2, 0.25) is 17.7 Å². The van der Waals surface area contributed by atoms with Gasteiger partial charge in [0.05, 0.1) is 38.2 Å². The predicted molar refractivity (Wildman–Crippen MR) is 261 cm³/mol. The van der Waals surface area contributed by atoms with Crippen LogP contribution >= 0.6 is 24.0 Å². The molecule has 1 aromatic heterocycles. The third kappa shape index (κ3) is 23.3. The summed E-state index contributed by atoms with van der Waals surface area (Å²) in [4.78, 5) is 71.7. The molecule has 0 radical (unpaired) electrons. The van der Waals surface area contributed by atoms with E-state index in [1.165, 1.54) is 18.0 Å². The Labute approximate surface area is 392 Å². The van der Waals surface area contributed by atoms with Crippen LogP contribution in [-0.2, 0) is 23.9 Å². The maximum absolute atomic E-state index is 14.0. The first-order chi connectivity index (χ1) is 25.5. The molecular weight excluding hydrogens is 852 g/mol. The molecule has 1 aliphatic rings. The lowest BCUT2D eigenvalue weighted by atomic mass is 9.64. The Balaban J connectivity index is -0.00000112. The second-order valence-corrected chi connectivity index (χ2v) is 18.2. The lowest BCUT2D eigenvalue weighted by Gasteiger charge is -2.41. The molecule has 0 spiro atoms. The summed E-state index contributed by atoms with van der Waals surface area (Å²) in [6.45, 7) is 14.0. The number of aliphatic hydroxyl groups excluding tert-OH is 1. The first kappa shape index (κ1) is 70.3. The fraction of sp³-hybridized carbons (Fsp3) is 0.727. The molecule has 1 fully saturated rings. The van der Waals surface area contributed by atoms with Gasteiger partial charge in [-0.05, 0) is 65.5 Å². The number of aromatic nitrogens is 1. The van der Waals surface area contributed by atoms with E-state index in [-0.39, 0.29) is 126 Å². The Morgan fingerprint density at radius 2 is 1.52 bits per heavy atom. The number of thiocarbonyl (C=S) groups is 1. The van der Waals surface area contributed by atoms with Crippen LogP contribution < -0.4 is 33.8 Å². The monoisotopic (exact) mass is 939 g/mol. The number of quaternary nitrogens is 1. The van der Waals surface area contributed by atoms with Crippen LogP contribution in [0.4, 0.5) is 5.82 Å². The maximum atomic E-state index is 14.0. The second-order valence-electron chi connectivity index (χ2n) is 16.5. The Hall–Kier alpha value is -3.38. The smallest absolute Gasteiger partial charge is 0.311 e. The minimum absolute atomic E-state index is 0. The molecule has 1 aromatic rings. The lowest BCUT2D eigenvalue weighted by Crippen LogP contribution is -3.00. The largest absolute Gasteiger partial charge is 1.00 e. The van der Waals surface area contributed by atoms with Crippen LogP contribution in [0.2, 0.25) is 0 Å². The van der Waals surface area contributed by atoms with Crippen molar-refractivity contribution in [3.63, 3.8) is 0 Å². The number of hydrogen-bond donors (Lipinski definition) is 5. The van der Waals surface area contributed by atoms with Crippen LogP contribution in [0.25, 0.3) is 0 Å². The fourth-order valence-electron chi connectivity index (χ4n) is 6.06. The molecule has 3 unspecified atom stereocenters. The first-order valence-corrected chi connectivity index (χ1v) is 20.1. The van der Waals surface area contributed by atoms with Crippen LogP contribution in [0, 0.1) is 16.2 Å². The zero-order valence-corrected chi connectivity index (χ0v) is 37.1. The number of hydrazone groups is 1. The first-order valence-electron chi connectivity index (χ1n) is 18.7. The number of amides is 4. The summed E-state index contributed by atoms with van der Waals surface area (Å²) >= 11 is 6.71. The summed E-state index contributed by atoms with van der Waals surface area (Å²) in [5, 5.41) is 22.6. The average molecular weight is 940 g/mol. The van der Waals surface area contributed by atoms with Gasteiger partial charge < -0.3 is 42.7 Å². The average Bonchev–Trinajstić information content (AvgIpc) is 3.54. The summed E-state index contributed by atoms with van der Waals surface area (Å²) in [6.07, 6.45) is 1.93. The van der Waals surface area contributed by atoms with Crippen molar-refractivity contribution < 1.29 is 50.7 Å². The van der Waals surface area contributed by atoms with Gasteiger partial charge in [-0.25, -0.2) is 4.98 Å². The number of aliphatic hydroxyl groups is 1. The van der Waals surface area contributed by atoms with Gasteiger partial charge in [0.1, 0.15) is 23.3 Å². The zero-order valence-electron chi connectivity index (χ0n) is 34.7. The molecule has 364 valence electrons. The number of pyridine rings is 1. The van der Waals surface area contributed by atoms with Crippen LogP contribution in [0.5, 0.6) is 0 Å². The molecule has 0 bridgehead atoms. The predicted octanol–water partition coefficient (Wildman–Crippen LogP) is 4.15. The highest BCUT2D eigenvalue weighted by molar-refractivity contribution is 8.23. The van der Waals surface area contributed by atoms with Gasteiger partial charge in [0, 0.05) is 61.1 Å². The summed E-state index contributed by atoms with van der Waals surface area (Å²) < 4.78 is 6.82. The number of esters is 1. The minimum Gasteiger partial charge on any atom is -1.00 e. The highest BCUT2D eigenvalue weighted by Crippen LogP contribution is 2.45. The van der Waals surface area contributed by atoms with E-state index in [0.717, 1.165) is 5.75 Å². The van der Waals surface area contributed by atoms with Crippen molar-refractivity contribution in [2.45, 2.75) is 131 Å². The van der Waals surface area contributed by atoms with Gasteiger partial charge >= 0.3 is 5.97 Å². The summed E-state index contributed by atoms with van der Waals surface area (Å²) in [7, 11) is 6.01. The van der Waals surface area contributed by atoms with E-state index in [0.29, 0.717) is 51.8 Å². The standard InChI is InChI=1S/C38H62N8O7S2.6CH4.ClH/c1-11-37(6,32(50)42-22-27(3)47)25-38(7,24-36(4,5)34(52)53-20-19-46(8,9)10)33(51)40-17-16-39-30(48)15-12-26(2)43-44-29-14-13-28(23-41-29)31(49)45-18-21-55-35(45)54;;;;;;;/h13-14,23,27,47H,11-12,15-22,24-25H2,1-10H3,(H3-,39,40,41,42,44,48,49,50,51);6*1H4;1H. The molecule has 5 N–H and O–H groups in total. The summed E-state index contributed by atoms with van der Waals surface area (Å²) in [5.41, 5.74) is 0.733. The number of carbonyl (C=O) groups excluding carboxylic acids is 5. The molecular formula is C44H87ClN8O7S2. The number of likely N-dealkylation sites (N-methyl/N-ethyl adjacent to an activating group) is 1. The molecule has 2 rings (SSSR count). The van der Waals surface area contributed by atoms with Gasteiger partial charge in [0.15, 0.2) is 0 Å². The number of hydrogen-bond acceptors (Lipinski definition) is 12. The van der Waals surface area contributed by atoms with E-state index < -0.39 is 28.3 Å². The van der Waals surface area contributed by atoms with Crippen LogP contribution in [0.3, 0.4) is 0 Å². The number of nitrogens with zero attached hydrogens (tertiary/aromatic N) is 4. The van der Waals surface area contributed by atoms with Crippen LogP contribution in [0.15, 0.2) is 23.4 Å². The van der Waals surface area contributed by atoms with E-state index >= 15 is 0 Å². The van der Waals surface area contributed by atoms with Crippen LogP contribution in [0.1, 0.15) is 135 Å². The number of halogens is 1. The minimum atomic E-state index is -1.18. The van der Waals surface area contributed by atoms with Crippen molar-refractivity contribution in [1.29, 1.82) is 0 Å². The van der Waals surface area contributed by atoms with Crippen molar-refractivity contribution in [2.24, 2.45) is 21.3 Å². The normalized spacial score (nSPS) is 14.5. The number of anilines is 1. The van der Waals surface area contributed by atoms with E-state index in [1.54, 1.807) is 58.6 Å². The Morgan fingerprint density at radius 3 is 2.02 bits per heavy atom. The molecule has 2 heterocycles. The number of nitrogens with one attached hydrogen (secondary N) is 4. The van der Waals surface area contributed by atoms with Crippen molar-refractivity contribution in [1.82, 2.24) is 25.8 Å². The number of rotatable bonds is 22. The molecule has 4 amide bonds. The van der Waals surface area contributed by atoms with Crippen LogP contribution in [-0.4, -0.2) is 131 Å². The van der Waals surface area contributed by atoms with Gasteiger partial charge in [-0.15, -0.1) is 0 Å². The van der Waals surface area contributed by atoms with E-state index in [4.69, 9.17) is 17.0 Å². The second kappa shape index (κ2) is 31.5. The molecule has 0 saturated carbocycles. The zero-order chi connectivity index (χ0) is 41.6. The van der Waals surface area contributed by atoms with Crippen molar-refractivity contribution in [2.75, 3.05) is 71.7 Å². The van der Waals surface area contributed by atoms with E-state index in [1.807, 2.05) is 28.1 Å². The van der Waals surface area contributed by atoms with Gasteiger partial charge in [-0.1, -0.05) is 89.3 Å².